The molecule has 1 aromatic heterocycles. The third kappa shape index (κ3) is 5.04. The lowest BCUT2D eigenvalue weighted by Gasteiger charge is -2.07. The number of carbonyl (C=O) groups is 2. The average molecular weight is 362 g/mol. The van der Waals surface area contributed by atoms with E-state index in [1.54, 1.807) is 35.1 Å². The molecule has 3 aromatic rings. The highest BCUT2D eigenvalue weighted by atomic mass is 16.2. The van der Waals surface area contributed by atoms with Crippen LogP contribution in [0.4, 0.5) is 5.69 Å². The van der Waals surface area contributed by atoms with Crippen molar-refractivity contribution in [3.63, 3.8) is 0 Å². The minimum Gasteiger partial charge on any atom is -0.352 e. The number of para-hydroxylation sites is 1. The molecule has 0 aliphatic rings. The standard InChI is InChI=1S/C21H22N4O2/c1-2-11-22-21(27)17-7-6-8-18(13-17)24-20(26)12-16-14-23-25(15-16)19-9-4-3-5-10-19/h3-10,13-15H,2,11-12H2,1H3,(H,22,27)(H,24,26). The number of benzene rings is 2. The Morgan fingerprint density at radius 1 is 1.07 bits per heavy atom. The summed E-state index contributed by atoms with van der Waals surface area (Å²) >= 11 is 0. The lowest BCUT2D eigenvalue weighted by Crippen LogP contribution is -2.24. The van der Waals surface area contributed by atoms with E-state index in [-0.39, 0.29) is 18.2 Å². The molecule has 0 saturated carbocycles. The summed E-state index contributed by atoms with van der Waals surface area (Å²) in [5.41, 5.74) is 2.88. The first-order valence-electron chi connectivity index (χ1n) is 8.93. The first-order chi connectivity index (χ1) is 13.2. The van der Waals surface area contributed by atoms with Gasteiger partial charge in [0, 0.05) is 24.0 Å². The van der Waals surface area contributed by atoms with Crippen molar-refractivity contribution in [2.24, 2.45) is 0 Å². The van der Waals surface area contributed by atoms with Crippen LogP contribution in [0.2, 0.25) is 0 Å². The normalized spacial score (nSPS) is 10.4. The monoisotopic (exact) mass is 362 g/mol. The molecule has 138 valence electrons. The van der Waals surface area contributed by atoms with Gasteiger partial charge in [-0.05, 0) is 42.3 Å². The first kappa shape index (κ1) is 18.4. The number of nitrogens with zero attached hydrogens (tertiary/aromatic N) is 2. The van der Waals surface area contributed by atoms with Crippen LogP contribution in [0.1, 0.15) is 29.3 Å². The van der Waals surface area contributed by atoms with E-state index in [0.29, 0.717) is 17.8 Å². The Balaban J connectivity index is 1.61. The first-order valence-corrected chi connectivity index (χ1v) is 8.93. The Hall–Kier alpha value is -3.41. The zero-order chi connectivity index (χ0) is 19.1. The van der Waals surface area contributed by atoms with Gasteiger partial charge in [-0.3, -0.25) is 9.59 Å². The Bertz CT molecular complexity index is 919. The van der Waals surface area contributed by atoms with Gasteiger partial charge in [0.25, 0.3) is 5.91 Å². The summed E-state index contributed by atoms with van der Waals surface area (Å²) in [5, 5.41) is 9.96. The van der Waals surface area contributed by atoms with Crippen molar-refractivity contribution in [2.75, 3.05) is 11.9 Å². The molecule has 2 aromatic carbocycles. The summed E-state index contributed by atoms with van der Waals surface area (Å²) < 4.78 is 1.74. The molecule has 0 aliphatic carbocycles. The Morgan fingerprint density at radius 3 is 2.67 bits per heavy atom. The van der Waals surface area contributed by atoms with Crippen molar-refractivity contribution in [2.45, 2.75) is 19.8 Å². The maximum atomic E-state index is 12.3. The van der Waals surface area contributed by atoms with Crippen LogP contribution in [0, 0.1) is 0 Å². The van der Waals surface area contributed by atoms with Crippen molar-refractivity contribution in [1.29, 1.82) is 0 Å². The van der Waals surface area contributed by atoms with Crippen molar-refractivity contribution in [3.05, 3.63) is 78.1 Å². The summed E-state index contributed by atoms with van der Waals surface area (Å²) in [5.74, 6) is -0.300. The molecule has 0 spiro atoms. The van der Waals surface area contributed by atoms with Gasteiger partial charge in [-0.1, -0.05) is 31.2 Å². The highest BCUT2D eigenvalue weighted by Gasteiger charge is 2.09. The van der Waals surface area contributed by atoms with Crippen molar-refractivity contribution < 1.29 is 9.59 Å². The molecule has 0 radical (unpaired) electrons. The molecule has 0 saturated heterocycles. The van der Waals surface area contributed by atoms with Crippen LogP contribution in [0.15, 0.2) is 67.0 Å². The van der Waals surface area contributed by atoms with E-state index in [1.807, 2.05) is 43.5 Å². The highest BCUT2D eigenvalue weighted by molar-refractivity contribution is 5.97. The lowest BCUT2D eigenvalue weighted by atomic mass is 10.1. The molecule has 0 bridgehead atoms. The second-order valence-electron chi connectivity index (χ2n) is 6.19. The fraction of sp³-hybridized carbons (Fsp3) is 0.190. The van der Waals surface area contributed by atoms with Crippen LogP contribution < -0.4 is 10.6 Å². The van der Waals surface area contributed by atoms with Gasteiger partial charge in [-0.2, -0.15) is 5.10 Å². The third-order valence-corrected chi connectivity index (χ3v) is 3.97. The molecular formula is C21H22N4O2. The number of anilines is 1. The van der Waals surface area contributed by atoms with E-state index in [1.165, 1.54) is 0 Å². The molecule has 0 fully saturated rings. The van der Waals surface area contributed by atoms with E-state index in [4.69, 9.17) is 0 Å². The lowest BCUT2D eigenvalue weighted by molar-refractivity contribution is -0.115. The molecule has 3 rings (SSSR count). The van der Waals surface area contributed by atoms with E-state index < -0.39 is 0 Å². The fourth-order valence-electron chi connectivity index (χ4n) is 2.64. The Morgan fingerprint density at radius 2 is 1.89 bits per heavy atom. The number of hydrogen-bond donors (Lipinski definition) is 2. The third-order valence-electron chi connectivity index (χ3n) is 3.97. The molecule has 2 amide bonds. The van der Waals surface area contributed by atoms with Crippen molar-refractivity contribution in [3.8, 4) is 5.69 Å². The number of aromatic nitrogens is 2. The summed E-state index contributed by atoms with van der Waals surface area (Å²) in [7, 11) is 0. The second kappa shape index (κ2) is 8.80. The molecule has 0 unspecified atom stereocenters. The largest absolute Gasteiger partial charge is 0.352 e. The quantitative estimate of drug-likeness (QED) is 0.678. The van der Waals surface area contributed by atoms with Gasteiger partial charge in [0.2, 0.25) is 5.91 Å². The predicted molar refractivity (Wildman–Crippen MR) is 105 cm³/mol. The highest BCUT2D eigenvalue weighted by Crippen LogP contribution is 2.12. The number of rotatable bonds is 7. The van der Waals surface area contributed by atoms with E-state index >= 15 is 0 Å². The zero-order valence-corrected chi connectivity index (χ0v) is 15.2. The van der Waals surface area contributed by atoms with Gasteiger partial charge >= 0.3 is 0 Å². The van der Waals surface area contributed by atoms with E-state index in [2.05, 4.69) is 15.7 Å². The van der Waals surface area contributed by atoms with Crippen molar-refractivity contribution >= 4 is 17.5 Å². The van der Waals surface area contributed by atoms with Crippen LogP contribution in [-0.2, 0) is 11.2 Å². The minimum absolute atomic E-state index is 0.142. The number of hydrogen-bond acceptors (Lipinski definition) is 3. The summed E-state index contributed by atoms with van der Waals surface area (Å²) in [6.07, 6.45) is 4.60. The summed E-state index contributed by atoms with van der Waals surface area (Å²) in [4.78, 5) is 24.4. The predicted octanol–water partition coefficient (Wildman–Crippen LogP) is 3.19. The SMILES string of the molecule is CCCNC(=O)c1cccc(NC(=O)Cc2cnn(-c3ccccc3)c2)c1. The molecule has 27 heavy (non-hydrogen) atoms. The van der Waals surface area contributed by atoms with Crippen LogP contribution in [0.5, 0.6) is 0 Å². The molecular weight excluding hydrogens is 340 g/mol. The van der Waals surface area contributed by atoms with Gasteiger partial charge in [-0.25, -0.2) is 4.68 Å². The molecule has 1 heterocycles. The van der Waals surface area contributed by atoms with Gasteiger partial charge in [0.05, 0.1) is 18.3 Å². The fourth-order valence-corrected chi connectivity index (χ4v) is 2.64. The smallest absolute Gasteiger partial charge is 0.251 e. The number of nitrogens with one attached hydrogen (secondary N) is 2. The van der Waals surface area contributed by atoms with Gasteiger partial charge in [-0.15, -0.1) is 0 Å². The average Bonchev–Trinajstić information content (AvgIpc) is 3.15. The molecule has 0 atom stereocenters. The Kier molecular flexibility index (Phi) is 5.99. The molecule has 0 aliphatic heterocycles. The van der Waals surface area contributed by atoms with E-state index in [9.17, 15) is 9.59 Å². The van der Waals surface area contributed by atoms with Gasteiger partial charge in [0.15, 0.2) is 0 Å². The molecule has 2 N–H and O–H groups in total. The van der Waals surface area contributed by atoms with E-state index in [0.717, 1.165) is 17.7 Å². The maximum absolute atomic E-state index is 12.3. The Labute approximate surface area is 158 Å². The van der Waals surface area contributed by atoms with Crippen molar-refractivity contribution in [1.82, 2.24) is 15.1 Å². The van der Waals surface area contributed by atoms with Crippen LogP contribution in [0.25, 0.3) is 5.69 Å². The summed E-state index contributed by atoms with van der Waals surface area (Å²) in [6.45, 7) is 2.62. The molecule has 6 nitrogen and oxygen atoms in total. The second-order valence-corrected chi connectivity index (χ2v) is 6.19. The zero-order valence-electron chi connectivity index (χ0n) is 15.2. The maximum Gasteiger partial charge on any atom is 0.251 e. The minimum atomic E-state index is -0.159. The summed E-state index contributed by atoms with van der Waals surface area (Å²) in [6, 6.07) is 16.6. The van der Waals surface area contributed by atoms with Crippen LogP contribution in [0.3, 0.4) is 0 Å². The van der Waals surface area contributed by atoms with Gasteiger partial charge in [0.1, 0.15) is 0 Å². The van der Waals surface area contributed by atoms with Crippen LogP contribution >= 0.6 is 0 Å². The number of amides is 2. The van der Waals surface area contributed by atoms with Crippen LogP contribution in [-0.4, -0.2) is 28.1 Å². The molecule has 6 heteroatoms. The topological polar surface area (TPSA) is 76.0 Å². The number of carbonyl (C=O) groups excluding carboxylic acids is 2. The van der Waals surface area contributed by atoms with Gasteiger partial charge < -0.3 is 10.6 Å².